The third-order valence-electron chi connectivity index (χ3n) is 2.73. The van der Waals surface area contributed by atoms with Crippen LogP contribution in [0.1, 0.15) is 32.3 Å². The lowest BCUT2D eigenvalue weighted by molar-refractivity contribution is 0.318. The fraction of sp³-hybridized carbons (Fsp3) is 0.438. The van der Waals surface area contributed by atoms with Crippen molar-refractivity contribution in [3.8, 4) is 5.75 Å². The maximum atomic E-state index is 5.78. The quantitative estimate of drug-likeness (QED) is 0.348. The van der Waals surface area contributed by atoms with Crippen LogP contribution in [0.15, 0.2) is 41.4 Å². The van der Waals surface area contributed by atoms with E-state index in [4.69, 9.17) is 10.5 Å². The zero-order valence-corrected chi connectivity index (χ0v) is 12.6. The van der Waals surface area contributed by atoms with E-state index in [2.05, 4.69) is 36.8 Å². The van der Waals surface area contributed by atoms with Crippen molar-refractivity contribution in [3.05, 3.63) is 42.0 Å². The monoisotopic (exact) mass is 275 g/mol. The van der Waals surface area contributed by atoms with Crippen LogP contribution in [0.25, 0.3) is 0 Å². The number of nitrogens with two attached hydrogens (primary N) is 1. The van der Waals surface area contributed by atoms with Crippen LogP contribution in [0, 0.1) is 0 Å². The first kappa shape index (κ1) is 16.1. The molecule has 1 aromatic carbocycles. The van der Waals surface area contributed by atoms with E-state index in [1.807, 2.05) is 25.1 Å². The van der Waals surface area contributed by atoms with E-state index in [0.717, 1.165) is 11.3 Å². The summed E-state index contributed by atoms with van der Waals surface area (Å²) in [7, 11) is 0. The SMILES string of the molecule is C=C(C)CN=C(N)NCCOc1ccccc1C(C)C. The summed E-state index contributed by atoms with van der Waals surface area (Å²) in [6.07, 6.45) is 0. The number of rotatable bonds is 7. The number of benzene rings is 1. The average molecular weight is 275 g/mol. The summed E-state index contributed by atoms with van der Waals surface area (Å²) in [5, 5.41) is 3.02. The highest BCUT2D eigenvalue weighted by Gasteiger charge is 2.06. The number of hydrogen-bond acceptors (Lipinski definition) is 2. The molecule has 0 aliphatic carbocycles. The highest BCUT2D eigenvalue weighted by molar-refractivity contribution is 5.77. The number of nitrogens with zero attached hydrogens (tertiary/aromatic N) is 1. The van der Waals surface area contributed by atoms with E-state index in [-0.39, 0.29) is 0 Å². The summed E-state index contributed by atoms with van der Waals surface area (Å²) in [6, 6.07) is 8.10. The van der Waals surface area contributed by atoms with Gasteiger partial charge in [0, 0.05) is 0 Å². The maximum absolute atomic E-state index is 5.78. The van der Waals surface area contributed by atoms with E-state index in [0.29, 0.717) is 31.6 Å². The van der Waals surface area contributed by atoms with E-state index >= 15 is 0 Å². The van der Waals surface area contributed by atoms with Crippen molar-refractivity contribution in [3.63, 3.8) is 0 Å². The highest BCUT2D eigenvalue weighted by Crippen LogP contribution is 2.25. The Morgan fingerprint density at radius 2 is 2.10 bits per heavy atom. The molecule has 0 amide bonds. The third-order valence-corrected chi connectivity index (χ3v) is 2.73. The summed E-state index contributed by atoms with van der Waals surface area (Å²) in [5.41, 5.74) is 7.92. The number of ether oxygens (including phenoxy) is 1. The van der Waals surface area contributed by atoms with Gasteiger partial charge in [-0.1, -0.05) is 44.2 Å². The largest absolute Gasteiger partial charge is 0.491 e. The lowest BCUT2D eigenvalue weighted by Gasteiger charge is -2.14. The van der Waals surface area contributed by atoms with Crippen molar-refractivity contribution in [2.75, 3.05) is 19.7 Å². The van der Waals surface area contributed by atoms with Gasteiger partial charge in [-0.05, 0) is 24.5 Å². The van der Waals surface area contributed by atoms with Gasteiger partial charge in [0.1, 0.15) is 12.4 Å². The molecule has 0 saturated heterocycles. The molecular formula is C16H25N3O. The molecule has 4 nitrogen and oxygen atoms in total. The second kappa shape index (κ2) is 8.25. The highest BCUT2D eigenvalue weighted by atomic mass is 16.5. The molecular weight excluding hydrogens is 250 g/mol. The predicted molar refractivity (Wildman–Crippen MR) is 85.3 cm³/mol. The normalized spacial score (nSPS) is 11.5. The molecule has 4 heteroatoms. The summed E-state index contributed by atoms with van der Waals surface area (Å²) in [5.74, 6) is 1.80. The molecule has 0 unspecified atom stereocenters. The van der Waals surface area contributed by atoms with Gasteiger partial charge < -0.3 is 15.8 Å². The summed E-state index contributed by atoms with van der Waals surface area (Å²) < 4.78 is 5.78. The molecule has 0 aliphatic rings. The molecule has 0 spiro atoms. The Balaban J connectivity index is 2.38. The van der Waals surface area contributed by atoms with Crippen molar-refractivity contribution in [2.45, 2.75) is 26.7 Å². The average Bonchev–Trinajstić information content (AvgIpc) is 2.41. The first-order valence-electron chi connectivity index (χ1n) is 6.90. The van der Waals surface area contributed by atoms with Crippen LogP contribution in [0.2, 0.25) is 0 Å². The van der Waals surface area contributed by atoms with Crippen LogP contribution in [0.4, 0.5) is 0 Å². The van der Waals surface area contributed by atoms with Crippen molar-refractivity contribution in [1.82, 2.24) is 5.32 Å². The van der Waals surface area contributed by atoms with E-state index < -0.39 is 0 Å². The molecule has 0 saturated carbocycles. The van der Waals surface area contributed by atoms with E-state index in [1.165, 1.54) is 5.56 Å². The van der Waals surface area contributed by atoms with E-state index in [1.54, 1.807) is 0 Å². The smallest absolute Gasteiger partial charge is 0.189 e. The van der Waals surface area contributed by atoms with Gasteiger partial charge in [0.2, 0.25) is 0 Å². The van der Waals surface area contributed by atoms with Crippen molar-refractivity contribution in [1.29, 1.82) is 0 Å². The van der Waals surface area contributed by atoms with Crippen LogP contribution in [0.3, 0.4) is 0 Å². The minimum atomic E-state index is 0.425. The molecule has 0 fully saturated rings. The molecule has 0 aliphatic heterocycles. The van der Waals surface area contributed by atoms with Crippen molar-refractivity contribution < 1.29 is 4.74 Å². The fourth-order valence-electron chi connectivity index (χ4n) is 1.71. The van der Waals surface area contributed by atoms with Crippen molar-refractivity contribution in [2.24, 2.45) is 10.7 Å². The molecule has 3 N–H and O–H groups in total. The third kappa shape index (κ3) is 5.78. The Hall–Kier alpha value is -1.97. The maximum Gasteiger partial charge on any atom is 0.189 e. The van der Waals surface area contributed by atoms with Gasteiger partial charge in [0.25, 0.3) is 0 Å². The molecule has 0 heterocycles. The molecule has 110 valence electrons. The Morgan fingerprint density at radius 3 is 2.75 bits per heavy atom. The Bertz CT molecular complexity index is 467. The standard InChI is InChI=1S/C16H25N3O/c1-12(2)11-19-16(17)18-9-10-20-15-8-6-5-7-14(15)13(3)4/h5-8,13H,1,9-11H2,2-4H3,(H3,17,18,19). The first-order chi connectivity index (χ1) is 9.50. The fourth-order valence-corrected chi connectivity index (χ4v) is 1.71. The molecule has 0 aromatic heterocycles. The van der Waals surface area contributed by atoms with Gasteiger partial charge in [0.15, 0.2) is 5.96 Å². The number of guanidine groups is 1. The van der Waals surface area contributed by atoms with Gasteiger partial charge in [-0.3, -0.25) is 0 Å². The van der Waals surface area contributed by atoms with Crippen LogP contribution in [-0.4, -0.2) is 25.7 Å². The lowest BCUT2D eigenvalue weighted by atomic mass is 10.0. The molecule has 0 atom stereocenters. The Labute approximate surface area is 121 Å². The second-order valence-electron chi connectivity index (χ2n) is 5.13. The molecule has 1 aromatic rings. The minimum absolute atomic E-state index is 0.425. The minimum Gasteiger partial charge on any atom is -0.491 e. The first-order valence-corrected chi connectivity index (χ1v) is 6.90. The Kier molecular flexibility index (Phi) is 6.64. The van der Waals surface area contributed by atoms with Crippen LogP contribution in [-0.2, 0) is 0 Å². The summed E-state index contributed by atoms with van der Waals surface area (Å²) in [4.78, 5) is 4.14. The van der Waals surface area contributed by atoms with Crippen LogP contribution < -0.4 is 15.8 Å². The lowest BCUT2D eigenvalue weighted by Crippen LogP contribution is -2.35. The zero-order chi connectivity index (χ0) is 15.0. The van der Waals surface area contributed by atoms with Gasteiger partial charge in [-0.2, -0.15) is 0 Å². The van der Waals surface area contributed by atoms with Crippen LogP contribution in [0.5, 0.6) is 5.75 Å². The summed E-state index contributed by atoms with van der Waals surface area (Å²) >= 11 is 0. The van der Waals surface area contributed by atoms with Crippen molar-refractivity contribution >= 4 is 5.96 Å². The molecule has 0 radical (unpaired) electrons. The number of hydrogen-bond donors (Lipinski definition) is 2. The van der Waals surface area contributed by atoms with Gasteiger partial charge in [0.05, 0.1) is 13.1 Å². The number of aliphatic imine (C=N–C) groups is 1. The van der Waals surface area contributed by atoms with Gasteiger partial charge in [-0.15, -0.1) is 0 Å². The summed E-state index contributed by atoms with van der Waals surface area (Å²) in [6.45, 7) is 11.7. The van der Waals surface area contributed by atoms with Gasteiger partial charge >= 0.3 is 0 Å². The molecule has 20 heavy (non-hydrogen) atoms. The van der Waals surface area contributed by atoms with Gasteiger partial charge in [-0.25, -0.2) is 4.99 Å². The molecule has 1 rings (SSSR count). The zero-order valence-electron chi connectivity index (χ0n) is 12.6. The van der Waals surface area contributed by atoms with E-state index in [9.17, 15) is 0 Å². The predicted octanol–water partition coefficient (Wildman–Crippen LogP) is 2.67. The topological polar surface area (TPSA) is 59.6 Å². The molecule has 0 bridgehead atoms. The second-order valence-corrected chi connectivity index (χ2v) is 5.13. The number of nitrogens with one attached hydrogen (secondary N) is 1. The number of para-hydroxylation sites is 1. The Morgan fingerprint density at radius 1 is 1.40 bits per heavy atom. The van der Waals surface area contributed by atoms with Crippen LogP contribution >= 0.6 is 0 Å².